The van der Waals surface area contributed by atoms with Crippen LogP contribution in [-0.4, -0.2) is 35.9 Å². The van der Waals surface area contributed by atoms with Crippen LogP contribution in [0.3, 0.4) is 0 Å². The summed E-state index contributed by atoms with van der Waals surface area (Å²) in [6.45, 7) is 5.84. The Morgan fingerprint density at radius 1 is 0.836 bits per heavy atom. The molecule has 1 atom stereocenters. The number of halogens is 3. The zero-order chi connectivity index (χ0) is 39.7. The molecule has 1 aliphatic rings. The van der Waals surface area contributed by atoms with Gasteiger partial charge in [-0.25, -0.2) is 10.0 Å². The van der Waals surface area contributed by atoms with E-state index in [1.54, 1.807) is 44.2 Å². The predicted molar refractivity (Wildman–Crippen MR) is 226 cm³/mol. The Morgan fingerprint density at radius 3 is 1.93 bits per heavy atom. The van der Waals surface area contributed by atoms with Gasteiger partial charge in [0.25, 0.3) is 5.91 Å². The van der Waals surface area contributed by atoms with Crippen LogP contribution >= 0.6 is 34.8 Å². The second-order valence-corrected chi connectivity index (χ2v) is 15.4. The fourth-order valence-corrected chi connectivity index (χ4v) is 7.62. The number of nitrogens with zero attached hydrogens (tertiary/aromatic N) is 4. The molecule has 0 bridgehead atoms. The Balaban J connectivity index is 1.35. The van der Waals surface area contributed by atoms with Crippen LogP contribution in [-0.2, 0) is 9.59 Å². The first-order valence-electron chi connectivity index (χ1n) is 19.5. The maximum absolute atomic E-state index is 13.9. The Hall–Kier alpha value is -3.86. The number of phenolic OH excluding ortho intramolecular Hbond substituents is 1. The van der Waals surface area contributed by atoms with Crippen molar-refractivity contribution in [2.24, 2.45) is 15.2 Å². The molecule has 1 unspecified atom stereocenters. The number of hydrogen-bond acceptors (Lipinski definition) is 7. The van der Waals surface area contributed by atoms with Crippen LogP contribution in [0.1, 0.15) is 121 Å². The second kappa shape index (κ2) is 22.6. The Kier molecular flexibility index (Phi) is 18.0. The number of benzene rings is 3. The average molecular weight is 814 g/mol. The van der Waals surface area contributed by atoms with Crippen molar-refractivity contribution in [3.8, 4) is 11.5 Å². The number of phenols is 1. The fraction of sp³-hybridized carbons (Fsp3) is 0.500. The maximum Gasteiger partial charge on any atom is 0.280 e. The number of methoxy groups -OCH3 is 1. The van der Waals surface area contributed by atoms with Gasteiger partial charge in [0.05, 0.1) is 22.8 Å². The van der Waals surface area contributed by atoms with Crippen LogP contribution in [0, 0.1) is 13.8 Å². The zero-order valence-corrected chi connectivity index (χ0v) is 34.8. The normalized spacial score (nSPS) is 15.0. The van der Waals surface area contributed by atoms with Crippen molar-refractivity contribution in [2.75, 3.05) is 17.4 Å². The van der Waals surface area contributed by atoms with Crippen LogP contribution in [0.2, 0.25) is 15.1 Å². The molecule has 1 heterocycles. The number of carbonyl (C=O) groups is 2. The van der Waals surface area contributed by atoms with Gasteiger partial charge in [-0.2, -0.15) is 10.2 Å². The number of ether oxygens (including phenoxy) is 1. The van der Waals surface area contributed by atoms with E-state index in [1.165, 1.54) is 101 Å². The summed E-state index contributed by atoms with van der Waals surface area (Å²) in [5.41, 5.74) is 5.99. The lowest BCUT2D eigenvalue weighted by molar-refractivity contribution is -0.118. The summed E-state index contributed by atoms with van der Waals surface area (Å²) < 4.78 is 5.65. The number of aromatic hydroxyl groups is 1. The van der Waals surface area contributed by atoms with Gasteiger partial charge in [-0.1, -0.05) is 132 Å². The number of anilines is 2. The third-order valence-corrected chi connectivity index (χ3v) is 10.4. The molecule has 3 aromatic rings. The van der Waals surface area contributed by atoms with E-state index in [0.717, 1.165) is 19.3 Å². The van der Waals surface area contributed by atoms with Crippen molar-refractivity contribution in [3.63, 3.8) is 0 Å². The fourth-order valence-electron chi connectivity index (χ4n) is 6.64. The molecule has 55 heavy (non-hydrogen) atoms. The van der Waals surface area contributed by atoms with Crippen molar-refractivity contribution in [1.29, 1.82) is 0 Å². The number of hydrazine groups is 1. The van der Waals surface area contributed by atoms with Gasteiger partial charge in [0, 0.05) is 23.2 Å². The molecule has 13 heteroatoms. The molecular formula is C42H55Cl3N6O4. The first-order valence-corrected chi connectivity index (χ1v) is 20.7. The lowest BCUT2D eigenvalue weighted by Gasteiger charge is -2.19. The van der Waals surface area contributed by atoms with Crippen molar-refractivity contribution < 1.29 is 19.4 Å². The minimum absolute atomic E-state index is 0.0634. The SMILES string of the molecule is CCCCCCCCCCCCCCCCCC(=O)Nc1ccc(N=C2NN(c3c(Cl)cc(Cl)cc3Cl)C(=O)C2N=Nc2c(C)cc(O)cc2C)c(OC)c1. The molecule has 3 N–H and O–H groups in total. The van der Waals surface area contributed by atoms with Crippen molar-refractivity contribution in [1.82, 2.24) is 5.43 Å². The highest BCUT2D eigenvalue weighted by molar-refractivity contribution is 6.43. The van der Waals surface area contributed by atoms with Gasteiger partial charge in [0.2, 0.25) is 11.9 Å². The van der Waals surface area contributed by atoms with E-state index < -0.39 is 11.9 Å². The molecule has 10 nitrogen and oxygen atoms in total. The number of rotatable bonds is 22. The number of amidine groups is 1. The molecular weight excluding hydrogens is 759 g/mol. The van der Waals surface area contributed by atoms with Gasteiger partial charge in [0.15, 0.2) is 5.84 Å². The summed E-state index contributed by atoms with van der Waals surface area (Å²) in [4.78, 5) is 31.4. The summed E-state index contributed by atoms with van der Waals surface area (Å²) in [5.74, 6) is 0.00209. The smallest absolute Gasteiger partial charge is 0.280 e. The van der Waals surface area contributed by atoms with Gasteiger partial charge in [-0.05, 0) is 67.8 Å². The second-order valence-electron chi connectivity index (χ2n) is 14.2. The highest BCUT2D eigenvalue weighted by atomic mass is 35.5. The summed E-state index contributed by atoms with van der Waals surface area (Å²) >= 11 is 19.1. The van der Waals surface area contributed by atoms with Crippen LogP contribution in [0.15, 0.2) is 57.7 Å². The van der Waals surface area contributed by atoms with Crippen LogP contribution in [0.25, 0.3) is 0 Å². The third-order valence-electron chi connectivity index (χ3n) is 9.61. The molecule has 0 aliphatic carbocycles. The predicted octanol–water partition coefficient (Wildman–Crippen LogP) is 12.9. The highest BCUT2D eigenvalue weighted by Gasteiger charge is 2.41. The van der Waals surface area contributed by atoms with Crippen LogP contribution < -0.4 is 20.5 Å². The summed E-state index contributed by atoms with van der Waals surface area (Å²) in [6.07, 6.45) is 19.5. The van der Waals surface area contributed by atoms with E-state index in [0.29, 0.717) is 45.4 Å². The van der Waals surface area contributed by atoms with E-state index in [1.807, 2.05) is 0 Å². The largest absolute Gasteiger partial charge is 0.508 e. The average Bonchev–Trinajstić information content (AvgIpc) is 3.42. The molecule has 298 valence electrons. The monoisotopic (exact) mass is 812 g/mol. The van der Waals surface area contributed by atoms with Gasteiger partial charge in [-0.3, -0.25) is 15.0 Å². The van der Waals surface area contributed by atoms with Crippen molar-refractivity contribution in [2.45, 2.75) is 130 Å². The highest BCUT2D eigenvalue weighted by Crippen LogP contribution is 2.39. The molecule has 0 saturated carbocycles. The number of aryl methyl sites for hydroxylation is 2. The molecule has 2 amide bonds. The van der Waals surface area contributed by atoms with Crippen LogP contribution in [0.5, 0.6) is 11.5 Å². The lowest BCUT2D eigenvalue weighted by Crippen LogP contribution is -2.36. The molecule has 1 aliphatic heterocycles. The maximum atomic E-state index is 13.9. The first kappa shape index (κ1) is 43.9. The Labute approximate surface area is 341 Å². The number of amides is 2. The number of aliphatic imine (C=N–C) groups is 1. The van der Waals surface area contributed by atoms with Crippen molar-refractivity contribution in [3.05, 3.63) is 68.7 Å². The molecule has 1 fully saturated rings. The minimum atomic E-state index is -1.21. The Bertz CT molecular complexity index is 1770. The number of unbranched alkanes of at least 4 members (excludes halogenated alkanes) is 14. The van der Waals surface area contributed by atoms with Gasteiger partial charge in [0.1, 0.15) is 22.9 Å². The molecule has 0 aromatic heterocycles. The topological polar surface area (TPSA) is 128 Å². The minimum Gasteiger partial charge on any atom is -0.508 e. The quantitative estimate of drug-likeness (QED) is 0.0687. The van der Waals surface area contributed by atoms with E-state index in [9.17, 15) is 14.7 Å². The molecule has 0 spiro atoms. The van der Waals surface area contributed by atoms with E-state index in [4.69, 9.17) is 44.5 Å². The molecule has 3 aromatic carbocycles. The van der Waals surface area contributed by atoms with Crippen LogP contribution in [0.4, 0.5) is 22.7 Å². The van der Waals surface area contributed by atoms with E-state index in [2.05, 4.69) is 27.9 Å². The summed E-state index contributed by atoms with van der Waals surface area (Å²) in [6, 6.07) is 9.97. The molecule has 0 radical (unpaired) electrons. The summed E-state index contributed by atoms with van der Waals surface area (Å²) in [5, 5.41) is 23.5. The number of nitrogens with one attached hydrogen (secondary N) is 2. The molecule has 1 saturated heterocycles. The standard InChI is InChI=1S/C42H55Cl3N6O4/c1-5-6-7-8-9-10-11-12-13-14-15-16-17-18-19-20-37(53)46-31-21-22-35(36(27-31)55-4)47-41-39(49-48-38-28(2)23-32(52)24-29(38)3)42(54)51(50-41)40-33(44)25-30(43)26-34(40)45/h21-27,39,52H,5-20H2,1-4H3,(H,46,53)(H,47,50). The van der Waals surface area contributed by atoms with Gasteiger partial charge >= 0.3 is 0 Å². The Morgan fingerprint density at radius 2 is 1.38 bits per heavy atom. The third kappa shape index (κ3) is 13.4. The first-order chi connectivity index (χ1) is 26.5. The number of hydrogen-bond donors (Lipinski definition) is 3. The van der Waals surface area contributed by atoms with E-state index >= 15 is 0 Å². The zero-order valence-electron chi connectivity index (χ0n) is 32.5. The van der Waals surface area contributed by atoms with E-state index in [-0.39, 0.29) is 33.2 Å². The number of azo groups is 1. The van der Waals surface area contributed by atoms with Crippen molar-refractivity contribution >= 4 is 75.2 Å². The number of carbonyl (C=O) groups excluding carboxylic acids is 2. The lowest BCUT2D eigenvalue weighted by atomic mass is 10.0. The summed E-state index contributed by atoms with van der Waals surface area (Å²) in [7, 11) is 1.50. The van der Waals surface area contributed by atoms with Gasteiger partial charge in [-0.15, -0.1) is 0 Å². The van der Waals surface area contributed by atoms with Gasteiger partial charge < -0.3 is 15.2 Å². The molecule has 4 rings (SSSR count).